The topological polar surface area (TPSA) is 32.3 Å². The number of piperidine rings is 1. The Kier molecular flexibility index (Phi) is 4.31. The van der Waals surface area contributed by atoms with Gasteiger partial charge in [-0.1, -0.05) is 26.7 Å². The molecule has 3 nitrogen and oxygen atoms in total. The quantitative estimate of drug-likeness (QED) is 0.818. The first kappa shape index (κ1) is 13.9. The van der Waals surface area contributed by atoms with E-state index < -0.39 is 0 Å². The van der Waals surface area contributed by atoms with Crippen LogP contribution in [0.15, 0.2) is 0 Å². The van der Waals surface area contributed by atoms with Crippen LogP contribution in [0.3, 0.4) is 0 Å². The molecule has 2 fully saturated rings. The molecule has 0 aromatic heterocycles. The molecule has 1 amide bonds. The van der Waals surface area contributed by atoms with E-state index in [1.807, 2.05) is 7.05 Å². The average molecular weight is 252 g/mol. The number of carbonyl (C=O) groups is 1. The van der Waals surface area contributed by atoms with Gasteiger partial charge in [-0.25, -0.2) is 0 Å². The van der Waals surface area contributed by atoms with Gasteiger partial charge in [0.1, 0.15) is 0 Å². The van der Waals surface area contributed by atoms with Gasteiger partial charge in [0.25, 0.3) is 0 Å². The molecule has 18 heavy (non-hydrogen) atoms. The standard InChI is InChI=1S/C15H28N2O/c1-12-6-4-5-7-13(12)17(3)14(18)15(2)8-10-16-11-9-15/h12-13,16H,4-11H2,1-3H3. The van der Waals surface area contributed by atoms with E-state index in [1.54, 1.807) is 0 Å². The number of hydrogen-bond acceptors (Lipinski definition) is 2. The Balaban J connectivity index is 2.02. The van der Waals surface area contributed by atoms with Crippen LogP contribution < -0.4 is 5.32 Å². The van der Waals surface area contributed by atoms with Crippen LogP contribution in [0.25, 0.3) is 0 Å². The third-order valence-corrected chi connectivity index (χ3v) is 5.11. The van der Waals surface area contributed by atoms with Gasteiger partial charge in [-0.05, 0) is 44.7 Å². The van der Waals surface area contributed by atoms with Crippen molar-refractivity contribution in [3.05, 3.63) is 0 Å². The Hall–Kier alpha value is -0.570. The first-order valence-electron chi connectivity index (χ1n) is 7.52. The fourth-order valence-corrected chi connectivity index (χ4v) is 3.64. The number of rotatable bonds is 2. The lowest BCUT2D eigenvalue weighted by atomic mass is 9.78. The second-order valence-corrected chi connectivity index (χ2v) is 6.56. The summed E-state index contributed by atoms with van der Waals surface area (Å²) in [6.45, 7) is 6.42. The van der Waals surface area contributed by atoms with E-state index in [2.05, 4.69) is 24.1 Å². The zero-order valence-corrected chi connectivity index (χ0v) is 12.2. The lowest BCUT2D eigenvalue weighted by Gasteiger charge is -2.42. The fourth-order valence-electron chi connectivity index (χ4n) is 3.64. The van der Waals surface area contributed by atoms with Crippen LogP contribution in [0.1, 0.15) is 52.4 Å². The summed E-state index contributed by atoms with van der Waals surface area (Å²) < 4.78 is 0. The Morgan fingerprint density at radius 2 is 1.83 bits per heavy atom. The van der Waals surface area contributed by atoms with Crippen molar-refractivity contribution in [1.82, 2.24) is 10.2 Å². The highest BCUT2D eigenvalue weighted by molar-refractivity contribution is 5.82. The van der Waals surface area contributed by atoms with Gasteiger partial charge in [-0.2, -0.15) is 0 Å². The van der Waals surface area contributed by atoms with Gasteiger partial charge in [-0.15, -0.1) is 0 Å². The molecule has 0 aromatic rings. The predicted molar refractivity (Wildman–Crippen MR) is 74.4 cm³/mol. The second-order valence-electron chi connectivity index (χ2n) is 6.56. The van der Waals surface area contributed by atoms with Crippen molar-refractivity contribution in [3.63, 3.8) is 0 Å². The van der Waals surface area contributed by atoms with Crippen molar-refractivity contribution in [2.24, 2.45) is 11.3 Å². The molecular formula is C15H28N2O. The van der Waals surface area contributed by atoms with Crippen LogP contribution in [-0.2, 0) is 4.79 Å². The first-order valence-corrected chi connectivity index (χ1v) is 7.52. The lowest BCUT2D eigenvalue weighted by molar-refractivity contribution is -0.145. The molecule has 1 N–H and O–H groups in total. The van der Waals surface area contributed by atoms with Gasteiger partial charge in [0.2, 0.25) is 5.91 Å². The summed E-state index contributed by atoms with van der Waals surface area (Å²) in [6, 6.07) is 0.470. The van der Waals surface area contributed by atoms with E-state index in [4.69, 9.17) is 0 Å². The molecule has 104 valence electrons. The van der Waals surface area contributed by atoms with E-state index in [1.165, 1.54) is 25.7 Å². The summed E-state index contributed by atoms with van der Waals surface area (Å²) in [5.74, 6) is 1.04. The molecular weight excluding hydrogens is 224 g/mol. The van der Waals surface area contributed by atoms with Gasteiger partial charge in [0.05, 0.1) is 0 Å². The molecule has 2 aliphatic rings. The minimum absolute atomic E-state index is 0.128. The lowest BCUT2D eigenvalue weighted by Crippen LogP contribution is -2.51. The molecule has 0 aromatic carbocycles. The highest BCUT2D eigenvalue weighted by Gasteiger charge is 2.39. The summed E-state index contributed by atoms with van der Waals surface area (Å²) in [5, 5.41) is 3.35. The molecule has 1 saturated carbocycles. The fraction of sp³-hybridized carbons (Fsp3) is 0.933. The molecule has 1 aliphatic carbocycles. The molecule has 0 radical (unpaired) electrons. The summed E-state index contributed by atoms with van der Waals surface area (Å²) in [6.07, 6.45) is 7.05. The zero-order chi connectivity index (χ0) is 13.2. The van der Waals surface area contributed by atoms with E-state index in [0.29, 0.717) is 17.9 Å². The van der Waals surface area contributed by atoms with E-state index in [0.717, 1.165) is 25.9 Å². The minimum Gasteiger partial charge on any atom is -0.342 e. The zero-order valence-electron chi connectivity index (χ0n) is 12.2. The molecule has 1 aliphatic heterocycles. The molecule has 1 heterocycles. The molecule has 2 rings (SSSR count). The normalized spacial score (nSPS) is 31.9. The van der Waals surface area contributed by atoms with E-state index >= 15 is 0 Å². The van der Waals surface area contributed by atoms with Crippen molar-refractivity contribution in [3.8, 4) is 0 Å². The van der Waals surface area contributed by atoms with Crippen LogP contribution in [0.5, 0.6) is 0 Å². The smallest absolute Gasteiger partial charge is 0.228 e. The maximum Gasteiger partial charge on any atom is 0.228 e. The molecule has 3 heteroatoms. The van der Waals surface area contributed by atoms with Crippen molar-refractivity contribution in [2.45, 2.75) is 58.4 Å². The molecule has 2 atom stereocenters. The van der Waals surface area contributed by atoms with Crippen molar-refractivity contribution < 1.29 is 4.79 Å². The highest BCUT2D eigenvalue weighted by Crippen LogP contribution is 2.34. The minimum atomic E-state index is -0.128. The Morgan fingerprint density at radius 1 is 1.22 bits per heavy atom. The second kappa shape index (κ2) is 5.60. The number of carbonyl (C=O) groups excluding carboxylic acids is 1. The maximum absolute atomic E-state index is 12.8. The van der Waals surface area contributed by atoms with Crippen LogP contribution in [0.2, 0.25) is 0 Å². The molecule has 0 spiro atoms. The van der Waals surface area contributed by atoms with E-state index in [-0.39, 0.29) is 5.41 Å². The highest BCUT2D eigenvalue weighted by atomic mass is 16.2. The summed E-state index contributed by atoms with van der Waals surface area (Å²) in [7, 11) is 2.03. The van der Waals surface area contributed by atoms with Crippen molar-refractivity contribution in [1.29, 1.82) is 0 Å². The average Bonchev–Trinajstić information content (AvgIpc) is 2.38. The molecule has 2 unspecified atom stereocenters. The van der Waals surface area contributed by atoms with Crippen LogP contribution in [0, 0.1) is 11.3 Å². The van der Waals surface area contributed by atoms with Gasteiger partial charge < -0.3 is 10.2 Å². The van der Waals surface area contributed by atoms with Crippen LogP contribution in [0.4, 0.5) is 0 Å². The molecule has 0 bridgehead atoms. The molecule has 1 saturated heterocycles. The first-order chi connectivity index (χ1) is 8.54. The Morgan fingerprint density at radius 3 is 2.44 bits per heavy atom. The van der Waals surface area contributed by atoms with Crippen molar-refractivity contribution in [2.75, 3.05) is 20.1 Å². The van der Waals surface area contributed by atoms with Gasteiger partial charge in [0, 0.05) is 18.5 Å². The monoisotopic (exact) mass is 252 g/mol. The number of nitrogens with one attached hydrogen (secondary N) is 1. The van der Waals surface area contributed by atoms with Crippen molar-refractivity contribution >= 4 is 5.91 Å². The Labute approximate surface area is 111 Å². The van der Waals surface area contributed by atoms with Gasteiger partial charge in [-0.3, -0.25) is 4.79 Å². The predicted octanol–water partition coefficient (Wildman–Crippen LogP) is 2.41. The maximum atomic E-state index is 12.8. The Bertz CT molecular complexity index is 297. The third-order valence-electron chi connectivity index (χ3n) is 5.11. The van der Waals surface area contributed by atoms with Crippen LogP contribution >= 0.6 is 0 Å². The summed E-state index contributed by atoms with van der Waals surface area (Å²) in [5.41, 5.74) is -0.128. The largest absolute Gasteiger partial charge is 0.342 e. The summed E-state index contributed by atoms with van der Waals surface area (Å²) in [4.78, 5) is 14.8. The summed E-state index contributed by atoms with van der Waals surface area (Å²) >= 11 is 0. The van der Waals surface area contributed by atoms with Gasteiger partial charge in [0.15, 0.2) is 0 Å². The third kappa shape index (κ3) is 2.71. The SMILES string of the molecule is CC1CCCCC1N(C)C(=O)C1(C)CCNCC1. The van der Waals surface area contributed by atoms with Gasteiger partial charge >= 0.3 is 0 Å². The number of hydrogen-bond donors (Lipinski definition) is 1. The van der Waals surface area contributed by atoms with E-state index in [9.17, 15) is 4.79 Å². The van der Waals surface area contributed by atoms with Crippen LogP contribution in [-0.4, -0.2) is 37.0 Å². The number of nitrogens with zero attached hydrogens (tertiary/aromatic N) is 1. The number of amides is 1.